The molecule has 2 aromatic heterocycles. The number of nitrogens with one attached hydrogen (secondary N) is 3. The van der Waals surface area contributed by atoms with Gasteiger partial charge in [0.15, 0.2) is 0 Å². The molecule has 0 aliphatic heterocycles. The van der Waals surface area contributed by atoms with E-state index in [0.717, 1.165) is 46.2 Å². The van der Waals surface area contributed by atoms with Crippen LogP contribution in [0.5, 0.6) is 0 Å². The number of carbonyl (C=O) groups is 2. The minimum absolute atomic E-state index is 0.307. The van der Waals surface area contributed by atoms with Crippen LogP contribution in [-0.2, 0) is 16.1 Å². The highest BCUT2D eigenvalue weighted by atomic mass is 16.2. The molecule has 0 aliphatic rings. The second kappa shape index (κ2) is 12.8. The van der Waals surface area contributed by atoms with Crippen LogP contribution in [-0.4, -0.2) is 63.8 Å². The number of imidazole rings is 1. The van der Waals surface area contributed by atoms with Gasteiger partial charge in [-0.15, -0.1) is 0 Å². The minimum Gasteiger partial charge on any atom is -0.353 e. The zero-order chi connectivity index (χ0) is 28.6. The summed E-state index contributed by atoms with van der Waals surface area (Å²) in [6.45, 7) is 1.98. The minimum atomic E-state index is -0.406. The third-order valence-corrected chi connectivity index (χ3v) is 6.51. The number of nitrogens with zero attached hydrogens (tertiary/aromatic N) is 5. The van der Waals surface area contributed by atoms with Gasteiger partial charge >= 0.3 is 0 Å². The Bertz CT molecular complexity index is 1680. The van der Waals surface area contributed by atoms with Crippen molar-refractivity contribution in [3.05, 3.63) is 97.1 Å². The fourth-order valence-corrected chi connectivity index (χ4v) is 4.48. The molecule has 0 fully saturated rings. The topological polar surface area (TPSA) is 119 Å². The van der Waals surface area contributed by atoms with E-state index in [4.69, 9.17) is 0 Å². The molecule has 0 saturated carbocycles. The molecule has 0 saturated heterocycles. The fraction of sp³-hybridized carbons (Fsp3) is 0.194. The van der Waals surface area contributed by atoms with Crippen molar-refractivity contribution in [3.63, 3.8) is 0 Å². The lowest BCUT2D eigenvalue weighted by Crippen LogP contribution is -2.25. The van der Waals surface area contributed by atoms with Crippen LogP contribution >= 0.6 is 0 Å². The summed E-state index contributed by atoms with van der Waals surface area (Å²) in [7, 11) is 3.96. The van der Waals surface area contributed by atoms with Crippen molar-refractivity contribution in [3.8, 4) is 0 Å². The first kappa shape index (κ1) is 27.5. The van der Waals surface area contributed by atoms with Gasteiger partial charge in [-0.25, -0.2) is 15.0 Å². The van der Waals surface area contributed by atoms with Crippen molar-refractivity contribution < 1.29 is 9.59 Å². The van der Waals surface area contributed by atoms with Crippen LogP contribution in [0.2, 0.25) is 0 Å². The molecule has 10 nitrogen and oxygen atoms in total. The predicted octanol–water partition coefficient (Wildman–Crippen LogP) is 4.41. The monoisotopic (exact) mass is 548 g/mol. The Balaban J connectivity index is 1.40. The summed E-state index contributed by atoms with van der Waals surface area (Å²) in [6.07, 6.45) is 6.52. The Morgan fingerprint density at radius 2 is 1.73 bits per heavy atom. The van der Waals surface area contributed by atoms with Crippen LogP contribution in [0.4, 0.5) is 17.2 Å². The van der Waals surface area contributed by atoms with Crippen molar-refractivity contribution in [2.75, 3.05) is 37.4 Å². The van der Waals surface area contributed by atoms with Gasteiger partial charge in [-0.3, -0.25) is 9.59 Å². The van der Waals surface area contributed by atoms with E-state index in [-0.39, 0.29) is 5.91 Å². The molecule has 0 radical (unpaired) electrons. The standard InChI is InChI=1S/C31H32N8O2/c1-38(2)16-6-15-32-29(40)13-14-30(41)37-23-9-11-26-25(17-23)31(36-21-33-26)39(19-22-7-4-3-5-8-22)24-10-12-27-28(18-24)35-20-34-27/h3-5,7-14,17-18,20-21H,6,15-16,19H2,1-2H3,(H,32,40)(H,34,35)(H,37,41)/b14-13+. The van der Waals surface area contributed by atoms with Gasteiger partial charge in [-0.2, -0.15) is 0 Å². The van der Waals surface area contributed by atoms with Gasteiger partial charge in [-0.1, -0.05) is 30.3 Å². The summed E-state index contributed by atoms with van der Waals surface area (Å²) in [5, 5.41) is 6.40. The second-order valence-electron chi connectivity index (χ2n) is 9.88. The van der Waals surface area contributed by atoms with Crippen LogP contribution in [0.1, 0.15) is 12.0 Å². The van der Waals surface area contributed by atoms with Gasteiger partial charge in [0, 0.05) is 42.0 Å². The smallest absolute Gasteiger partial charge is 0.248 e. The van der Waals surface area contributed by atoms with E-state index >= 15 is 0 Å². The Kier molecular flexibility index (Phi) is 8.61. The van der Waals surface area contributed by atoms with Crippen molar-refractivity contribution in [1.29, 1.82) is 0 Å². The van der Waals surface area contributed by atoms with Gasteiger partial charge in [0.2, 0.25) is 11.8 Å². The maximum atomic E-state index is 12.6. The molecule has 41 heavy (non-hydrogen) atoms. The molecular weight excluding hydrogens is 516 g/mol. The average Bonchev–Trinajstić information content (AvgIpc) is 3.45. The number of rotatable bonds is 11. The maximum absolute atomic E-state index is 12.6. The van der Waals surface area contributed by atoms with Crippen LogP contribution in [0, 0.1) is 0 Å². The van der Waals surface area contributed by atoms with E-state index in [0.29, 0.717) is 24.6 Å². The van der Waals surface area contributed by atoms with Crippen LogP contribution < -0.4 is 15.5 Å². The summed E-state index contributed by atoms with van der Waals surface area (Å²) >= 11 is 0. The Hall–Kier alpha value is -5.09. The van der Waals surface area contributed by atoms with Gasteiger partial charge in [-0.05, 0) is 69.0 Å². The number of benzene rings is 3. The van der Waals surface area contributed by atoms with E-state index in [1.807, 2.05) is 67.5 Å². The molecule has 5 rings (SSSR count). The zero-order valence-electron chi connectivity index (χ0n) is 23.0. The largest absolute Gasteiger partial charge is 0.353 e. The number of hydrogen-bond donors (Lipinski definition) is 3. The van der Waals surface area contributed by atoms with Crippen LogP contribution in [0.25, 0.3) is 21.9 Å². The van der Waals surface area contributed by atoms with Gasteiger partial charge < -0.3 is 25.4 Å². The Morgan fingerprint density at radius 1 is 0.902 bits per heavy atom. The Morgan fingerprint density at radius 3 is 2.56 bits per heavy atom. The normalized spacial score (nSPS) is 11.4. The van der Waals surface area contributed by atoms with E-state index in [2.05, 4.69) is 47.6 Å². The first-order valence-electron chi connectivity index (χ1n) is 13.4. The van der Waals surface area contributed by atoms with Crippen molar-refractivity contribution in [1.82, 2.24) is 30.2 Å². The molecule has 2 amide bonds. The predicted molar refractivity (Wildman–Crippen MR) is 162 cm³/mol. The highest BCUT2D eigenvalue weighted by molar-refractivity contribution is 6.05. The third kappa shape index (κ3) is 7.11. The first-order valence-corrected chi connectivity index (χ1v) is 13.4. The molecule has 3 N–H and O–H groups in total. The second-order valence-corrected chi connectivity index (χ2v) is 9.88. The summed E-state index contributed by atoms with van der Waals surface area (Å²) in [5.41, 5.74) is 5.12. The van der Waals surface area contributed by atoms with E-state index in [1.54, 1.807) is 18.7 Å². The number of H-pyrrole nitrogens is 1. The lowest BCUT2D eigenvalue weighted by molar-refractivity contribution is -0.117. The molecule has 10 heteroatoms. The number of aromatic amines is 1. The summed E-state index contributed by atoms with van der Waals surface area (Å²) in [5.74, 6) is -0.0210. The molecule has 0 bridgehead atoms. The van der Waals surface area contributed by atoms with Gasteiger partial charge in [0.25, 0.3) is 0 Å². The van der Waals surface area contributed by atoms with Crippen molar-refractivity contribution in [2.45, 2.75) is 13.0 Å². The van der Waals surface area contributed by atoms with Crippen molar-refractivity contribution >= 4 is 50.9 Å². The van der Waals surface area contributed by atoms with E-state index in [1.165, 1.54) is 12.2 Å². The molecule has 208 valence electrons. The Labute approximate surface area is 238 Å². The highest BCUT2D eigenvalue weighted by Crippen LogP contribution is 2.33. The lowest BCUT2D eigenvalue weighted by Gasteiger charge is -2.25. The number of carbonyl (C=O) groups excluding carboxylic acids is 2. The highest BCUT2D eigenvalue weighted by Gasteiger charge is 2.17. The fourth-order valence-electron chi connectivity index (χ4n) is 4.48. The molecule has 5 aromatic rings. The molecular formula is C31H32N8O2. The number of fused-ring (bicyclic) bond motifs is 2. The SMILES string of the molecule is CN(C)CCCNC(=O)/C=C/C(=O)Nc1ccc2ncnc(N(Cc3ccccc3)c3ccc4[nH]cnc4c3)c2c1. The summed E-state index contributed by atoms with van der Waals surface area (Å²) < 4.78 is 0. The molecule has 3 aromatic carbocycles. The average molecular weight is 549 g/mol. The summed E-state index contributed by atoms with van der Waals surface area (Å²) in [6, 6.07) is 21.7. The number of amides is 2. The lowest BCUT2D eigenvalue weighted by atomic mass is 10.1. The van der Waals surface area contributed by atoms with Gasteiger partial charge in [0.05, 0.1) is 22.9 Å². The zero-order valence-corrected chi connectivity index (χ0v) is 23.0. The van der Waals surface area contributed by atoms with Crippen molar-refractivity contribution in [2.24, 2.45) is 0 Å². The maximum Gasteiger partial charge on any atom is 0.248 e. The number of anilines is 3. The van der Waals surface area contributed by atoms with Crippen LogP contribution in [0.3, 0.4) is 0 Å². The first-order chi connectivity index (χ1) is 20.0. The molecule has 2 heterocycles. The van der Waals surface area contributed by atoms with Crippen LogP contribution in [0.15, 0.2) is 91.5 Å². The summed E-state index contributed by atoms with van der Waals surface area (Å²) in [4.78, 5) is 45.5. The third-order valence-electron chi connectivity index (χ3n) is 6.51. The number of aromatic nitrogens is 4. The number of hydrogen-bond acceptors (Lipinski definition) is 7. The molecule has 0 atom stereocenters. The van der Waals surface area contributed by atoms with E-state index in [9.17, 15) is 9.59 Å². The molecule has 0 aliphatic carbocycles. The molecule has 0 unspecified atom stereocenters. The van der Waals surface area contributed by atoms with E-state index < -0.39 is 5.91 Å². The van der Waals surface area contributed by atoms with Gasteiger partial charge in [0.1, 0.15) is 12.1 Å². The quantitative estimate of drug-likeness (QED) is 0.165. The molecule has 0 spiro atoms.